The summed E-state index contributed by atoms with van der Waals surface area (Å²) in [5, 5.41) is 7.51. The lowest BCUT2D eigenvalue weighted by atomic mass is 10.3. The van der Waals surface area contributed by atoms with Gasteiger partial charge in [0.05, 0.1) is 17.1 Å². The Labute approximate surface area is 124 Å². The van der Waals surface area contributed by atoms with Crippen LogP contribution in [0.5, 0.6) is 0 Å². The number of nitrogens with two attached hydrogens (primary N) is 1. The summed E-state index contributed by atoms with van der Waals surface area (Å²) in [5.41, 5.74) is 7.05. The zero-order valence-corrected chi connectivity index (χ0v) is 13.2. The number of halogens is 1. The Morgan fingerprint density at radius 3 is 2.55 bits per heavy atom. The Balaban J connectivity index is 2.40. The van der Waals surface area contributed by atoms with Crippen LogP contribution in [0.4, 0.5) is 11.6 Å². The first-order valence-electron chi connectivity index (χ1n) is 5.55. The predicted octanol–water partition coefficient (Wildman–Crippen LogP) is 1.63. The van der Waals surface area contributed by atoms with E-state index in [1.807, 2.05) is 0 Å². The van der Waals surface area contributed by atoms with E-state index in [0.29, 0.717) is 15.9 Å². The van der Waals surface area contributed by atoms with Gasteiger partial charge in [-0.25, -0.2) is 18.1 Å². The molecule has 0 fully saturated rings. The molecule has 3 N–H and O–H groups in total. The second kappa shape index (κ2) is 5.33. The van der Waals surface area contributed by atoms with Gasteiger partial charge in [-0.05, 0) is 32.0 Å². The molecule has 106 valence electrons. The SMILES string of the molecule is Cc1nnc(NS(=O)(=O)c2cc(Br)ccc2N)nc1C. The molecule has 1 heterocycles. The summed E-state index contributed by atoms with van der Waals surface area (Å²) in [6.45, 7) is 3.45. The maximum absolute atomic E-state index is 12.3. The van der Waals surface area contributed by atoms with Crippen LogP contribution in [-0.4, -0.2) is 23.6 Å². The van der Waals surface area contributed by atoms with Gasteiger partial charge in [0.15, 0.2) is 0 Å². The minimum atomic E-state index is -3.87. The second-order valence-corrected chi connectivity index (χ2v) is 6.66. The summed E-state index contributed by atoms with van der Waals surface area (Å²) in [4.78, 5) is 3.97. The van der Waals surface area contributed by atoms with Crippen LogP contribution in [0.2, 0.25) is 0 Å². The Morgan fingerprint density at radius 1 is 1.20 bits per heavy atom. The van der Waals surface area contributed by atoms with E-state index < -0.39 is 10.0 Å². The van der Waals surface area contributed by atoms with Gasteiger partial charge >= 0.3 is 0 Å². The van der Waals surface area contributed by atoms with Crippen molar-refractivity contribution in [2.45, 2.75) is 18.7 Å². The number of nitrogens with one attached hydrogen (secondary N) is 1. The van der Waals surface area contributed by atoms with Gasteiger partial charge in [0.25, 0.3) is 16.0 Å². The average molecular weight is 358 g/mol. The highest BCUT2D eigenvalue weighted by molar-refractivity contribution is 9.10. The Bertz CT molecular complexity index is 763. The van der Waals surface area contributed by atoms with Gasteiger partial charge in [-0.2, -0.15) is 5.10 Å². The third kappa shape index (κ3) is 3.05. The van der Waals surface area contributed by atoms with Gasteiger partial charge < -0.3 is 5.73 Å². The predicted molar refractivity (Wildman–Crippen MR) is 78.7 cm³/mol. The molecule has 0 amide bonds. The van der Waals surface area contributed by atoms with Gasteiger partial charge in [-0.15, -0.1) is 5.10 Å². The fraction of sp³-hybridized carbons (Fsp3) is 0.182. The third-order valence-electron chi connectivity index (χ3n) is 2.58. The topological polar surface area (TPSA) is 111 Å². The van der Waals surface area contributed by atoms with E-state index in [-0.39, 0.29) is 16.5 Å². The van der Waals surface area contributed by atoms with E-state index in [2.05, 4.69) is 35.8 Å². The number of rotatable bonds is 3. The summed E-state index contributed by atoms with van der Waals surface area (Å²) >= 11 is 3.20. The number of hydrogen-bond donors (Lipinski definition) is 2. The number of aromatic nitrogens is 3. The molecule has 1 aromatic heterocycles. The Morgan fingerprint density at radius 2 is 1.90 bits per heavy atom. The van der Waals surface area contributed by atoms with Crippen molar-refractivity contribution in [3.8, 4) is 0 Å². The molecule has 0 bridgehead atoms. The number of hydrogen-bond acceptors (Lipinski definition) is 6. The molecule has 0 saturated carbocycles. The minimum Gasteiger partial charge on any atom is -0.398 e. The molecule has 0 atom stereocenters. The normalized spacial score (nSPS) is 11.3. The monoisotopic (exact) mass is 357 g/mol. The first-order valence-corrected chi connectivity index (χ1v) is 7.83. The third-order valence-corrected chi connectivity index (χ3v) is 4.46. The van der Waals surface area contributed by atoms with Gasteiger partial charge in [0.2, 0.25) is 0 Å². The molecule has 1 aromatic carbocycles. The smallest absolute Gasteiger partial charge is 0.266 e. The fourth-order valence-electron chi connectivity index (χ4n) is 1.42. The molecule has 0 aliphatic carbocycles. The molecular weight excluding hydrogens is 346 g/mol. The largest absolute Gasteiger partial charge is 0.398 e. The standard InChI is InChI=1S/C11H12BrN5O2S/c1-6-7(2)15-16-11(14-6)17-20(18,19)10-5-8(12)3-4-9(10)13/h3-5H,13H2,1-2H3,(H,14,16,17). The van der Waals surface area contributed by atoms with Crippen molar-refractivity contribution in [1.29, 1.82) is 0 Å². The van der Waals surface area contributed by atoms with Crippen LogP contribution < -0.4 is 10.5 Å². The zero-order chi connectivity index (χ0) is 14.9. The van der Waals surface area contributed by atoms with Crippen LogP contribution in [0.25, 0.3) is 0 Å². The van der Waals surface area contributed by atoms with Crippen molar-refractivity contribution in [3.63, 3.8) is 0 Å². The number of sulfonamides is 1. The van der Waals surface area contributed by atoms with E-state index in [9.17, 15) is 8.42 Å². The van der Waals surface area contributed by atoms with Gasteiger partial charge in [-0.1, -0.05) is 15.9 Å². The lowest BCUT2D eigenvalue weighted by Crippen LogP contribution is -2.17. The summed E-state index contributed by atoms with van der Waals surface area (Å²) in [6.07, 6.45) is 0. The minimum absolute atomic E-state index is 0.0475. The van der Waals surface area contributed by atoms with Crippen molar-refractivity contribution < 1.29 is 8.42 Å². The quantitative estimate of drug-likeness (QED) is 0.807. The van der Waals surface area contributed by atoms with E-state index >= 15 is 0 Å². The molecule has 9 heteroatoms. The molecule has 2 aromatic rings. The van der Waals surface area contributed by atoms with Crippen molar-refractivity contribution in [3.05, 3.63) is 34.1 Å². The molecule has 0 spiro atoms. The summed E-state index contributed by atoms with van der Waals surface area (Å²) < 4.78 is 27.4. The van der Waals surface area contributed by atoms with Gasteiger partial charge in [0.1, 0.15) is 4.90 Å². The maximum Gasteiger partial charge on any atom is 0.266 e. The highest BCUT2D eigenvalue weighted by atomic mass is 79.9. The van der Waals surface area contributed by atoms with E-state index in [4.69, 9.17) is 5.73 Å². The Kier molecular flexibility index (Phi) is 3.91. The van der Waals surface area contributed by atoms with Crippen molar-refractivity contribution in [1.82, 2.24) is 15.2 Å². The van der Waals surface area contributed by atoms with Crippen molar-refractivity contribution >= 4 is 37.6 Å². The molecule has 0 radical (unpaired) electrons. The summed E-state index contributed by atoms with van der Waals surface area (Å²) in [7, 11) is -3.87. The second-order valence-electron chi connectivity index (χ2n) is 4.09. The van der Waals surface area contributed by atoms with E-state index in [1.54, 1.807) is 19.9 Å². The zero-order valence-electron chi connectivity index (χ0n) is 10.8. The van der Waals surface area contributed by atoms with Gasteiger partial charge in [-0.3, -0.25) is 0 Å². The molecule has 0 saturated heterocycles. The Hall–Kier alpha value is -1.74. The number of anilines is 2. The molecule has 2 rings (SSSR count). The van der Waals surface area contributed by atoms with E-state index in [0.717, 1.165) is 0 Å². The number of nitrogen functional groups attached to an aromatic ring is 1. The average Bonchev–Trinajstić information content (AvgIpc) is 2.36. The number of aryl methyl sites for hydroxylation is 2. The van der Waals surface area contributed by atoms with Crippen molar-refractivity contribution in [2.24, 2.45) is 0 Å². The maximum atomic E-state index is 12.3. The molecule has 7 nitrogen and oxygen atoms in total. The van der Waals surface area contributed by atoms with Crippen LogP contribution in [0.15, 0.2) is 27.6 Å². The van der Waals surface area contributed by atoms with Crippen LogP contribution >= 0.6 is 15.9 Å². The van der Waals surface area contributed by atoms with Crippen LogP contribution in [-0.2, 0) is 10.0 Å². The van der Waals surface area contributed by atoms with Crippen LogP contribution in [0.3, 0.4) is 0 Å². The van der Waals surface area contributed by atoms with Crippen LogP contribution in [0.1, 0.15) is 11.4 Å². The fourth-order valence-corrected chi connectivity index (χ4v) is 3.03. The summed E-state index contributed by atoms with van der Waals surface area (Å²) in [5.74, 6) is -0.0903. The molecule has 20 heavy (non-hydrogen) atoms. The van der Waals surface area contributed by atoms with Crippen LogP contribution in [0, 0.1) is 13.8 Å². The molecule has 0 unspecified atom stereocenters. The van der Waals surface area contributed by atoms with Gasteiger partial charge in [0, 0.05) is 4.47 Å². The lowest BCUT2D eigenvalue weighted by Gasteiger charge is -2.09. The number of benzene rings is 1. The lowest BCUT2D eigenvalue weighted by molar-refractivity contribution is 0.601. The van der Waals surface area contributed by atoms with E-state index in [1.165, 1.54) is 12.1 Å². The molecule has 0 aliphatic rings. The first kappa shape index (κ1) is 14.7. The van der Waals surface area contributed by atoms with Crippen molar-refractivity contribution in [2.75, 3.05) is 10.5 Å². The first-order chi connectivity index (χ1) is 9.29. The molecular formula is C11H12BrN5O2S. The summed E-state index contributed by atoms with van der Waals surface area (Å²) in [6, 6.07) is 4.56. The number of nitrogens with zero attached hydrogens (tertiary/aromatic N) is 3. The highest BCUT2D eigenvalue weighted by Gasteiger charge is 2.19. The molecule has 0 aliphatic heterocycles. The highest BCUT2D eigenvalue weighted by Crippen LogP contribution is 2.24.